The van der Waals surface area contributed by atoms with Crippen LogP contribution in [0.2, 0.25) is 0 Å². The van der Waals surface area contributed by atoms with Gasteiger partial charge >= 0.3 is 0 Å². The highest BCUT2D eigenvalue weighted by Gasteiger charge is 2.27. The number of rotatable bonds is 6. The number of carbonyl (C=O) groups excluding carboxylic acids is 1. The molecule has 24 heavy (non-hydrogen) atoms. The van der Waals surface area contributed by atoms with Crippen molar-refractivity contribution in [3.05, 3.63) is 59.8 Å². The van der Waals surface area contributed by atoms with E-state index in [1.54, 1.807) is 4.90 Å². The van der Waals surface area contributed by atoms with E-state index in [4.69, 9.17) is 9.47 Å². The van der Waals surface area contributed by atoms with Crippen LogP contribution in [0.1, 0.15) is 17.7 Å². The second-order valence-electron chi connectivity index (χ2n) is 5.96. The highest BCUT2D eigenvalue weighted by molar-refractivity contribution is 5.77. The van der Waals surface area contributed by atoms with E-state index in [-0.39, 0.29) is 18.6 Å². The van der Waals surface area contributed by atoms with Crippen LogP contribution >= 0.6 is 0 Å². The lowest BCUT2D eigenvalue weighted by Gasteiger charge is -2.17. The summed E-state index contributed by atoms with van der Waals surface area (Å²) in [6, 6.07) is 15.6. The Morgan fingerprint density at radius 2 is 2.04 bits per heavy atom. The molecule has 1 aliphatic rings. The number of aromatic nitrogens is 1. The van der Waals surface area contributed by atoms with Crippen LogP contribution in [0.5, 0.6) is 5.88 Å². The summed E-state index contributed by atoms with van der Waals surface area (Å²) in [4.78, 5) is 18.4. The molecule has 1 aromatic carbocycles. The van der Waals surface area contributed by atoms with Crippen molar-refractivity contribution in [2.45, 2.75) is 26.1 Å². The van der Waals surface area contributed by atoms with Crippen LogP contribution in [0.3, 0.4) is 0 Å². The molecule has 126 valence electrons. The zero-order valence-electron chi connectivity index (χ0n) is 13.9. The van der Waals surface area contributed by atoms with Gasteiger partial charge in [0, 0.05) is 24.7 Å². The van der Waals surface area contributed by atoms with Gasteiger partial charge in [-0.05, 0) is 18.6 Å². The third-order valence-electron chi connectivity index (χ3n) is 3.98. The molecule has 5 heteroatoms. The molecule has 2 heterocycles. The molecule has 0 N–H and O–H groups in total. The number of carbonyl (C=O) groups is 1. The molecule has 1 atom stereocenters. The van der Waals surface area contributed by atoms with Crippen LogP contribution in [0.15, 0.2) is 48.5 Å². The minimum atomic E-state index is -0.00243. The van der Waals surface area contributed by atoms with Crippen LogP contribution in [-0.2, 0) is 16.1 Å². The van der Waals surface area contributed by atoms with Crippen molar-refractivity contribution < 1.29 is 14.3 Å². The van der Waals surface area contributed by atoms with Gasteiger partial charge in [-0.25, -0.2) is 4.98 Å². The predicted octanol–water partition coefficient (Wildman–Crippen LogP) is 2.59. The van der Waals surface area contributed by atoms with Crippen molar-refractivity contribution >= 4 is 5.91 Å². The number of hydrogen-bond donors (Lipinski definition) is 0. The molecular formula is C19H22N2O3. The number of benzene rings is 1. The summed E-state index contributed by atoms with van der Waals surface area (Å²) in [6.07, 6.45) is 0.817. The van der Waals surface area contributed by atoms with E-state index in [9.17, 15) is 4.79 Å². The van der Waals surface area contributed by atoms with E-state index in [1.165, 1.54) is 0 Å². The fourth-order valence-electron chi connectivity index (χ4n) is 2.73. The number of ether oxygens (including phenoxy) is 2. The fraction of sp³-hybridized carbons (Fsp3) is 0.368. The molecule has 0 radical (unpaired) electrons. The summed E-state index contributed by atoms with van der Waals surface area (Å²) in [5, 5.41) is 0. The van der Waals surface area contributed by atoms with Crippen molar-refractivity contribution in [3.8, 4) is 5.88 Å². The normalized spacial score (nSPS) is 17.0. The molecule has 1 amide bonds. The Hall–Kier alpha value is -2.40. The Morgan fingerprint density at radius 1 is 1.21 bits per heavy atom. The number of amides is 1. The maximum atomic E-state index is 12.2. The highest BCUT2D eigenvalue weighted by atomic mass is 16.5. The van der Waals surface area contributed by atoms with E-state index in [1.807, 2.05) is 55.5 Å². The molecule has 1 saturated heterocycles. The number of aryl methyl sites for hydroxylation is 1. The molecule has 0 bridgehead atoms. The molecule has 0 spiro atoms. The SMILES string of the molecule is Cc1cccc(OC2CCN(C(=O)COCc3ccccc3)C2)n1. The standard InChI is InChI=1S/C19H22N2O3/c1-15-6-5-9-18(20-15)24-17-10-11-21(12-17)19(22)14-23-13-16-7-3-2-4-8-16/h2-9,17H,10-14H2,1H3. The molecule has 5 nitrogen and oxygen atoms in total. The van der Waals surface area contributed by atoms with Gasteiger partial charge in [0.25, 0.3) is 0 Å². The van der Waals surface area contributed by atoms with Crippen LogP contribution in [-0.4, -0.2) is 41.6 Å². The largest absolute Gasteiger partial charge is 0.472 e. The molecule has 2 aromatic rings. The number of likely N-dealkylation sites (tertiary alicyclic amines) is 1. The van der Waals surface area contributed by atoms with E-state index in [2.05, 4.69) is 4.98 Å². The van der Waals surface area contributed by atoms with Crippen LogP contribution in [0.25, 0.3) is 0 Å². The van der Waals surface area contributed by atoms with Gasteiger partial charge in [-0.15, -0.1) is 0 Å². The van der Waals surface area contributed by atoms with Gasteiger partial charge in [0.15, 0.2) is 0 Å². The quantitative estimate of drug-likeness (QED) is 0.819. The highest BCUT2D eigenvalue weighted by Crippen LogP contribution is 2.17. The summed E-state index contributed by atoms with van der Waals surface area (Å²) >= 11 is 0. The minimum absolute atomic E-state index is 0.00243. The number of pyridine rings is 1. The van der Waals surface area contributed by atoms with E-state index in [0.717, 1.165) is 17.7 Å². The Balaban J connectivity index is 1.42. The summed E-state index contributed by atoms with van der Waals surface area (Å²) < 4.78 is 11.4. The van der Waals surface area contributed by atoms with Gasteiger partial charge in [0.1, 0.15) is 12.7 Å². The van der Waals surface area contributed by atoms with Crippen LogP contribution in [0.4, 0.5) is 0 Å². The van der Waals surface area contributed by atoms with Crippen molar-refractivity contribution in [1.82, 2.24) is 9.88 Å². The zero-order chi connectivity index (χ0) is 16.8. The fourth-order valence-corrected chi connectivity index (χ4v) is 2.73. The van der Waals surface area contributed by atoms with Crippen molar-refractivity contribution in [2.75, 3.05) is 19.7 Å². The van der Waals surface area contributed by atoms with Gasteiger partial charge < -0.3 is 14.4 Å². The van der Waals surface area contributed by atoms with Crippen LogP contribution in [0, 0.1) is 6.92 Å². The second-order valence-corrected chi connectivity index (χ2v) is 5.96. The van der Waals surface area contributed by atoms with Crippen molar-refractivity contribution in [3.63, 3.8) is 0 Å². The topological polar surface area (TPSA) is 51.7 Å². The van der Waals surface area contributed by atoms with E-state index >= 15 is 0 Å². The lowest BCUT2D eigenvalue weighted by molar-refractivity contribution is -0.135. The maximum Gasteiger partial charge on any atom is 0.248 e. The minimum Gasteiger partial charge on any atom is -0.472 e. The Bertz CT molecular complexity index is 675. The molecule has 0 aliphatic carbocycles. The third kappa shape index (κ3) is 4.55. The summed E-state index contributed by atoms with van der Waals surface area (Å²) in [6.45, 7) is 3.77. The van der Waals surface area contributed by atoms with Gasteiger partial charge in [-0.3, -0.25) is 4.79 Å². The van der Waals surface area contributed by atoms with Gasteiger partial charge in [-0.1, -0.05) is 36.4 Å². The molecule has 1 aromatic heterocycles. The third-order valence-corrected chi connectivity index (χ3v) is 3.98. The first kappa shape index (κ1) is 16.5. The lowest BCUT2D eigenvalue weighted by Crippen LogP contribution is -2.33. The zero-order valence-corrected chi connectivity index (χ0v) is 13.9. The average Bonchev–Trinajstić information content (AvgIpc) is 3.04. The average molecular weight is 326 g/mol. The monoisotopic (exact) mass is 326 g/mol. The number of hydrogen-bond acceptors (Lipinski definition) is 4. The van der Waals surface area contributed by atoms with E-state index < -0.39 is 0 Å². The van der Waals surface area contributed by atoms with E-state index in [0.29, 0.717) is 25.6 Å². The first-order valence-electron chi connectivity index (χ1n) is 8.20. The van der Waals surface area contributed by atoms with Gasteiger partial charge in [0.05, 0.1) is 13.2 Å². The second kappa shape index (κ2) is 7.93. The summed E-state index contributed by atoms with van der Waals surface area (Å²) in [5.74, 6) is 0.629. The van der Waals surface area contributed by atoms with Gasteiger partial charge in [0.2, 0.25) is 11.8 Å². The van der Waals surface area contributed by atoms with Crippen molar-refractivity contribution in [2.24, 2.45) is 0 Å². The molecular weight excluding hydrogens is 304 g/mol. The Kier molecular flexibility index (Phi) is 5.43. The molecule has 3 rings (SSSR count). The Labute approximate surface area is 142 Å². The summed E-state index contributed by atoms with van der Waals surface area (Å²) in [7, 11) is 0. The molecule has 1 unspecified atom stereocenters. The molecule has 1 aliphatic heterocycles. The number of nitrogens with zero attached hydrogens (tertiary/aromatic N) is 2. The smallest absolute Gasteiger partial charge is 0.248 e. The molecule has 0 saturated carbocycles. The maximum absolute atomic E-state index is 12.2. The lowest BCUT2D eigenvalue weighted by atomic mass is 10.2. The Morgan fingerprint density at radius 3 is 2.83 bits per heavy atom. The molecule has 1 fully saturated rings. The summed E-state index contributed by atoms with van der Waals surface area (Å²) in [5.41, 5.74) is 1.99. The predicted molar refractivity (Wildman–Crippen MR) is 90.7 cm³/mol. The van der Waals surface area contributed by atoms with Crippen molar-refractivity contribution in [1.29, 1.82) is 0 Å². The first-order chi connectivity index (χ1) is 11.7. The van der Waals surface area contributed by atoms with Crippen LogP contribution < -0.4 is 4.74 Å². The first-order valence-corrected chi connectivity index (χ1v) is 8.20. The van der Waals surface area contributed by atoms with Gasteiger partial charge in [-0.2, -0.15) is 0 Å².